The average molecular weight is 228 g/mol. The van der Waals surface area contributed by atoms with Crippen LogP contribution in [0, 0.1) is 0 Å². The minimum atomic E-state index is -2.21. The molecule has 0 spiro atoms. The highest BCUT2D eigenvalue weighted by atomic mass is 32.1. The van der Waals surface area contributed by atoms with E-state index in [2.05, 4.69) is 10.3 Å². The predicted molar refractivity (Wildman–Crippen MR) is 60.8 cm³/mol. The van der Waals surface area contributed by atoms with Gasteiger partial charge in [0.05, 0.1) is 5.69 Å². The Morgan fingerprint density at radius 1 is 1.87 bits per heavy atom. The molecule has 15 heavy (non-hydrogen) atoms. The Hall–Kier alpha value is -1.10. The Bertz CT molecular complexity index is 458. The van der Waals surface area contributed by atoms with Crippen molar-refractivity contribution in [3.63, 3.8) is 0 Å². The predicted octanol–water partition coefficient (Wildman–Crippen LogP) is 1.11. The SMILES string of the molecule is [2H]C([2H])([2H])CC(=O)N[C@@H]1CCc2nc(N)sc2C1. The van der Waals surface area contributed by atoms with Gasteiger partial charge in [-0.25, -0.2) is 4.98 Å². The lowest BCUT2D eigenvalue weighted by Crippen LogP contribution is -2.38. The summed E-state index contributed by atoms with van der Waals surface area (Å²) in [6.45, 7) is -2.21. The van der Waals surface area contributed by atoms with Gasteiger partial charge in [-0.2, -0.15) is 0 Å². The number of hydrogen-bond acceptors (Lipinski definition) is 4. The minimum absolute atomic E-state index is 0.00722. The number of amides is 1. The molecule has 1 heterocycles. The molecule has 0 bridgehead atoms. The Kier molecular flexibility index (Phi) is 2.01. The van der Waals surface area contributed by atoms with Crippen molar-refractivity contribution < 1.29 is 8.91 Å². The fourth-order valence-electron chi connectivity index (χ4n) is 1.80. The van der Waals surface area contributed by atoms with Crippen molar-refractivity contribution in [1.82, 2.24) is 10.3 Å². The van der Waals surface area contributed by atoms with E-state index in [0.717, 1.165) is 23.4 Å². The Morgan fingerprint density at radius 3 is 3.53 bits per heavy atom. The molecule has 1 aliphatic rings. The fraction of sp³-hybridized carbons (Fsp3) is 0.600. The van der Waals surface area contributed by atoms with Crippen molar-refractivity contribution in [3.05, 3.63) is 10.6 Å². The van der Waals surface area contributed by atoms with E-state index in [1.54, 1.807) is 0 Å². The number of thiazole rings is 1. The number of carbonyl (C=O) groups is 1. The maximum atomic E-state index is 11.5. The van der Waals surface area contributed by atoms with Crippen LogP contribution in [0.15, 0.2) is 0 Å². The molecular weight excluding hydrogens is 210 g/mol. The lowest BCUT2D eigenvalue weighted by Gasteiger charge is -2.21. The summed E-state index contributed by atoms with van der Waals surface area (Å²) in [6.07, 6.45) is 1.82. The third-order valence-electron chi connectivity index (χ3n) is 2.48. The molecule has 1 amide bonds. The van der Waals surface area contributed by atoms with E-state index in [1.165, 1.54) is 11.3 Å². The van der Waals surface area contributed by atoms with Crippen molar-refractivity contribution in [3.8, 4) is 0 Å². The molecule has 0 aromatic carbocycles. The maximum Gasteiger partial charge on any atom is 0.219 e. The number of nitrogens with one attached hydrogen (secondary N) is 1. The molecule has 0 unspecified atom stereocenters. The molecule has 1 atom stereocenters. The summed E-state index contributed by atoms with van der Waals surface area (Å²) in [6, 6.07) is -0.00722. The van der Waals surface area contributed by atoms with Gasteiger partial charge in [0.1, 0.15) is 0 Å². The zero-order valence-electron chi connectivity index (χ0n) is 11.2. The van der Waals surface area contributed by atoms with Crippen molar-refractivity contribution >= 4 is 22.4 Å². The topological polar surface area (TPSA) is 68.0 Å². The minimum Gasteiger partial charge on any atom is -0.375 e. The van der Waals surface area contributed by atoms with Gasteiger partial charge in [-0.05, 0) is 12.8 Å². The number of nitrogen functional groups attached to an aromatic ring is 1. The van der Waals surface area contributed by atoms with Gasteiger partial charge in [0.15, 0.2) is 5.13 Å². The summed E-state index contributed by atoms with van der Waals surface area (Å²) in [5, 5.41) is 3.32. The molecule has 0 aliphatic heterocycles. The Labute approximate surface area is 97.1 Å². The highest BCUT2D eigenvalue weighted by Crippen LogP contribution is 2.28. The lowest BCUT2D eigenvalue weighted by molar-refractivity contribution is -0.121. The van der Waals surface area contributed by atoms with E-state index >= 15 is 0 Å². The lowest BCUT2D eigenvalue weighted by atomic mass is 9.97. The summed E-state index contributed by atoms with van der Waals surface area (Å²) in [7, 11) is 0. The van der Waals surface area contributed by atoms with Crippen LogP contribution in [0.4, 0.5) is 5.13 Å². The molecule has 0 fully saturated rings. The third-order valence-corrected chi connectivity index (χ3v) is 3.43. The van der Waals surface area contributed by atoms with Crippen LogP contribution in [0.25, 0.3) is 0 Å². The van der Waals surface area contributed by atoms with Gasteiger partial charge in [-0.1, -0.05) is 6.85 Å². The first kappa shape index (κ1) is 7.22. The molecule has 0 saturated heterocycles. The molecule has 3 N–H and O–H groups in total. The Balaban J connectivity index is 1.91. The smallest absolute Gasteiger partial charge is 0.219 e. The number of aromatic nitrogens is 1. The standard InChI is InChI=1S/C10H15N3OS/c1-2-9(14)12-6-3-4-7-8(5-6)15-10(11)13-7/h6H,2-5H2,1H3,(H2,11,13)(H,12,14)/t6-/m1/s1/i1D3. The second-order valence-corrected chi connectivity index (χ2v) is 4.72. The van der Waals surface area contributed by atoms with Crippen molar-refractivity contribution in [2.45, 2.75) is 38.6 Å². The zero-order chi connectivity index (χ0) is 13.3. The molecule has 0 saturated carbocycles. The molecule has 4 nitrogen and oxygen atoms in total. The number of aryl methyl sites for hydroxylation is 1. The molecule has 1 aromatic rings. The third kappa shape index (κ3) is 2.28. The van der Waals surface area contributed by atoms with Crippen LogP contribution in [-0.4, -0.2) is 16.9 Å². The van der Waals surface area contributed by atoms with E-state index < -0.39 is 19.2 Å². The average Bonchev–Trinajstić information content (AvgIpc) is 2.53. The molecule has 1 aliphatic carbocycles. The highest BCUT2D eigenvalue weighted by molar-refractivity contribution is 7.15. The molecule has 0 radical (unpaired) electrons. The molecule has 82 valence electrons. The van der Waals surface area contributed by atoms with E-state index in [4.69, 9.17) is 9.85 Å². The quantitative estimate of drug-likeness (QED) is 0.796. The zero-order valence-corrected chi connectivity index (χ0v) is 9.06. The van der Waals surface area contributed by atoms with Crippen LogP contribution >= 0.6 is 11.3 Å². The van der Waals surface area contributed by atoms with Crippen molar-refractivity contribution in [2.75, 3.05) is 5.73 Å². The van der Waals surface area contributed by atoms with Crippen LogP contribution in [0.3, 0.4) is 0 Å². The van der Waals surface area contributed by atoms with Gasteiger partial charge in [-0.3, -0.25) is 4.79 Å². The van der Waals surface area contributed by atoms with E-state index in [0.29, 0.717) is 11.6 Å². The summed E-state index contributed by atoms with van der Waals surface area (Å²) >= 11 is 1.44. The number of carbonyl (C=O) groups excluding carboxylic acids is 1. The van der Waals surface area contributed by atoms with Crippen LogP contribution in [-0.2, 0) is 17.6 Å². The van der Waals surface area contributed by atoms with E-state index in [-0.39, 0.29) is 6.04 Å². The molecule has 2 rings (SSSR count). The van der Waals surface area contributed by atoms with Crippen LogP contribution in [0.2, 0.25) is 0 Å². The molecular formula is C10H15N3OS. The van der Waals surface area contributed by atoms with Crippen LogP contribution in [0.5, 0.6) is 0 Å². The number of nitrogens with two attached hydrogens (primary N) is 1. The van der Waals surface area contributed by atoms with E-state index in [9.17, 15) is 4.79 Å². The number of fused-ring (bicyclic) bond motifs is 1. The highest BCUT2D eigenvalue weighted by Gasteiger charge is 2.22. The largest absolute Gasteiger partial charge is 0.375 e. The maximum absolute atomic E-state index is 11.5. The fourth-order valence-corrected chi connectivity index (χ4v) is 2.76. The van der Waals surface area contributed by atoms with Crippen LogP contribution < -0.4 is 11.1 Å². The monoisotopic (exact) mass is 228 g/mol. The van der Waals surface area contributed by atoms with Gasteiger partial charge in [-0.15, -0.1) is 11.3 Å². The first-order valence-electron chi connectivity index (χ1n) is 6.37. The molecule has 1 aromatic heterocycles. The van der Waals surface area contributed by atoms with Gasteiger partial charge >= 0.3 is 0 Å². The van der Waals surface area contributed by atoms with Crippen LogP contribution in [0.1, 0.15) is 34.4 Å². The van der Waals surface area contributed by atoms with Crippen molar-refractivity contribution in [2.24, 2.45) is 0 Å². The summed E-state index contributed by atoms with van der Waals surface area (Å²) in [5.74, 6) is -0.416. The van der Waals surface area contributed by atoms with E-state index in [1.807, 2.05) is 0 Å². The van der Waals surface area contributed by atoms with Gasteiger partial charge < -0.3 is 11.1 Å². The Morgan fingerprint density at radius 2 is 2.73 bits per heavy atom. The number of nitrogens with zero attached hydrogens (tertiary/aromatic N) is 1. The second kappa shape index (κ2) is 4.18. The number of anilines is 1. The summed E-state index contributed by atoms with van der Waals surface area (Å²) in [5.41, 5.74) is 6.65. The summed E-state index contributed by atoms with van der Waals surface area (Å²) in [4.78, 5) is 16.8. The number of hydrogen-bond donors (Lipinski definition) is 2. The van der Waals surface area contributed by atoms with Gasteiger partial charge in [0, 0.05) is 27.9 Å². The normalized spacial score (nSPS) is 23.5. The first-order chi connectivity index (χ1) is 8.33. The first-order valence-corrected chi connectivity index (χ1v) is 5.68. The molecule has 5 heteroatoms. The van der Waals surface area contributed by atoms with Gasteiger partial charge in [0.25, 0.3) is 0 Å². The number of rotatable bonds is 2. The second-order valence-electron chi connectivity index (χ2n) is 3.61. The summed E-state index contributed by atoms with van der Waals surface area (Å²) < 4.78 is 21.1. The van der Waals surface area contributed by atoms with Gasteiger partial charge in [0.2, 0.25) is 5.91 Å². The van der Waals surface area contributed by atoms with Crippen molar-refractivity contribution in [1.29, 1.82) is 0 Å².